The fourth-order valence-corrected chi connectivity index (χ4v) is 1.50. The van der Waals surface area contributed by atoms with E-state index in [1.165, 1.54) is 28.0 Å². The van der Waals surface area contributed by atoms with Crippen LogP contribution in [0.15, 0.2) is 24.3 Å². The van der Waals surface area contributed by atoms with E-state index in [4.69, 9.17) is 0 Å². The normalized spacial score (nSPS) is 10.8. The summed E-state index contributed by atoms with van der Waals surface area (Å²) in [5.74, 6) is 0. The maximum absolute atomic E-state index is 2.24. The van der Waals surface area contributed by atoms with Crippen LogP contribution in [0.2, 0.25) is 0 Å². The second kappa shape index (κ2) is 4.39. The van der Waals surface area contributed by atoms with Gasteiger partial charge in [-0.2, -0.15) is 0 Å². The second-order valence-electron chi connectivity index (χ2n) is 3.95. The molecule has 1 aromatic rings. The SMILES string of the molecule is CC(C)(C)c1cc[c]([Zn+])cc1.[Cl-]. The molecule has 0 saturated heterocycles. The molecule has 0 spiro atoms. The van der Waals surface area contributed by atoms with E-state index in [2.05, 4.69) is 45.0 Å². The van der Waals surface area contributed by atoms with Gasteiger partial charge in [-0.3, -0.25) is 0 Å². The van der Waals surface area contributed by atoms with Crippen LogP contribution in [0.25, 0.3) is 0 Å². The van der Waals surface area contributed by atoms with Gasteiger partial charge >= 0.3 is 78.5 Å². The number of rotatable bonds is 0. The van der Waals surface area contributed by atoms with Crippen LogP contribution in [0.4, 0.5) is 0 Å². The molecule has 1 aromatic carbocycles. The molecule has 62 valence electrons. The summed E-state index contributed by atoms with van der Waals surface area (Å²) in [5, 5.41) is 0. The minimum absolute atomic E-state index is 0. The third-order valence-electron chi connectivity index (χ3n) is 1.82. The molecular formula is C10H13ClZn. The van der Waals surface area contributed by atoms with Crippen molar-refractivity contribution < 1.29 is 30.7 Å². The zero-order valence-electron chi connectivity index (χ0n) is 7.89. The molecule has 0 unspecified atom stereocenters. The predicted molar refractivity (Wildman–Crippen MR) is 44.8 cm³/mol. The van der Waals surface area contributed by atoms with Crippen molar-refractivity contribution in [1.82, 2.24) is 0 Å². The third-order valence-corrected chi connectivity index (χ3v) is 2.81. The number of hydrogen-bond donors (Lipinski definition) is 0. The molecule has 0 aliphatic heterocycles. The van der Waals surface area contributed by atoms with E-state index < -0.39 is 0 Å². The Labute approximate surface area is 90.8 Å². The van der Waals surface area contributed by atoms with Crippen LogP contribution in [-0.2, 0) is 23.7 Å². The van der Waals surface area contributed by atoms with E-state index in [1.54, 1.807) is 0 Å². The summed E-state index contributed by atoms with van der Waals surface area (Å²) in [6.07, 6.45) is 0. The predicted octanol–water partition coefficient (Wildman–Crippen LogP) is -0.840. The molecule has 0 amide bonds. The van der Waals surface area contributed by atoms with Crippen LogP contribution in [0.1, 0.15) is 26.3 Å². The topological polar surface area (TPSA) is 0 Å². The van der Waals surface area contributed by atoms with Crippen molar-refractivity contribution >= 4 is 4.16 Å². The average molecular weight is 234 g/mol. The summed E-state index contributed by atoms with van der Waals surface area (Å²) in [6.45, 7) is 6.73. The van der Waals surface area contributed by atoms with Crippen LogP contribution >= 0.6 is 0 Å². The molecule has 0 atom stereocenters. The van der Waals surface area contributed by atoms with Crippen molar-refractivity contribution in [3.63, 3.8) is 0 Å². The van der Waals surface area contributed by atoms with Gasteiger partial charge in [0.25, 0.3) is 0 Å². The molecule has 0 nitrogen and oxygen atoms in total. The van der Waals surface area contributed by atoms with Crippen LogP contribution < -0.4 is 16.6 Å². The Morgan fingerprint density at radius 1 is 1.00 bits per heavy atom. The number of halogens is 1. The molecular weight excluding hydrogens is 221 g/mol. The van der Waals surface area contributed by atoms with Crippen molar-refractivity contribution in [3.8, 4) is 0 Å². The zero-order valence-corrected chi connectivity index (χ0v) is 11.6. The van der Waals surface area contributed by atoms with Gasteiger partial charge in [0.05, 0.1) is 0 Å². The van der Waals surface area contributed by atoms with E-state index in [9.17, 15) is 0 Å². The van der Waals surface area contributed by atoms with Crippen LogP contribution in [0.3, 0.4) is 0 Å². The molecule has 2 heteroatoms. The third kappa shape index (κ3) is 3.25. The smallest absolute Gasteiger partial charge is 1.00 e. The van der Waals surface area contributed by atoms with E-state index >= 15 is 0 Å². The van der Waals surface area contributed by atoms with Crippen molar-refractivity contribution in [2.24, 2.45) is 0 Å². The molecule has 0 fully saturated rings. The van der Waals surface area contributed by atoms with E-state index in [-0.39, 0.29) is 12.4 Å². The minimum Gasteiger partial charge on any atom is -1.00 e. The largest absolute Gasteiger partial charge is 1.00 e. The molecule has 1 rings (SSSR count). The summed E-state index contributed by atoms with van der Waals surface area (Å²) in [5.41, 5.74) is 1.72. The van der Waals surface area contributed by atoms with Gasteiger partial charge in [-0.05, 0) is 0 Å². The van der Waals surface area contributed by atoms with Crippen LogP contribution in [-0.4, -0.2) is 0 Å². The van der Waals surface area contributed by atoms with Gasteiger partial charge in [0.1, 0.15) is 0 Å². The summed E-state index contributed by atoms with van der Waals surface area (Å²) >= 11 is 1.25. The van der Waals surface area contributed by atoms with Gasteiger partial charge in [-0.15, -0.1) is 0 Å². The first kappa shape index (κ1) is 12.1. The van der Waals surface area contributed by atoms with Crippen LogP contribution in [0, 0.1) is 0 Å². The Bertz CT molecular complexity index is 233. The van der Waals surface area contributed by atoms with Gasteiger partial charge in [0.2, 0.25) is 0 Å². The van der Waals surface area contributed by atoms with Crippen molar-refractivity contribution in [2.45, 2.75) is 26.2 Å². The minimum atomic E-state index is 0. The van der Waals surface area contributed by atoms with E-state index in [0.29, 0.717) is 5.41 Å². The first-order chi connectivity index (χ1) is 5.00. The molecule has 0 aliphatic carbocycles. The van der Waals surface area contributed by atoms with Gasteiger partial charge in [0, 0.05) is 0 Å². The van der Waals surface area contributed by atoms with Gasteiger partial charge in [-0.1, -0.05) is 0 Å². The van der Waals surface area contributed by atoms with Crippen molar-refractivity contribution in [2.75, 3.05) is 0 Å². The van der Waals surface area contributed by atoms with E-state index in [0.717, 1.165) is 0 Å². The fraction of sp³-hybridized carbons (Fsp3) is 0.400. The Hall–Kier alpha value is 0.133. The maximum atomic E-state index is 2.24. The summed E-state index contributed by atoms with van der Waals surface area (Å²) in [6, 6.07) is 8.92. The number of hydrogen-bond acceptors (Lipinski definition) is 0. The first-order valence-electron chi connectivity index (χ1n) is 3.92. The Morgan fingerprint density at radius 2 is 1.42 bits per heavy atom. The molecule has 12 heavy (non-hydrogen) atoms. The Morgan fingerprint density at radius 3 is 1.75 bits per heavy atom. The summed E-state index contributed by atoms with van der Waals surface area (Å²) in [7, 11) is 0. The maximum Gasteiger partial charge on any atom is -1.00 e. The molecule has 0 aromatic heterocycles. The molecule has 0 N–H and O–H groups in total. The summed E-state index contributed by atoms with van der Waals surface area (Å²) in [4.78, 5) is 0. The van der Waals surface area contributed by atoms with Gasteiger partial charge in [-0.25, -0.2) is 0 Å². The molecule has 0 radical (unpaired) electrons. The quantitative estimate of drug-likeness (QED) is 0.513. The Kier molecular flexibility index (Phi) is 4.44. The Balaban J connectivity index is 0.00000121. The second-order valence-corrected chi connectivity index (χ2v) is 5.66. The average Bonchev–Trinajstić information content (AvgIpc) is 1.86. The zero-order chi connectivity index (χ0) is 8.48. The fourth-order valence-electron chi connectivity index (χ4n) is 1.00. The molecule has 0 bridgehead atoms. The standard InChI is InChI=1S/C10H13.ClH.Zn/c1-10(2,3)9-7-5-4-6-8-9;;/h5-8H,1-3H3;1H;/q;;+1/p-1. The monoisotopic (exact) mass is 232 g/mol. The van der Waals surface area contributed by atoms with E-state index in [1.807, 2.05) is 0 Å². The first-order valence-corrected chi connectivity index (χ1v) is 5.41. The molecule has 0 heterocycles. The number of benzene rings is 1. The molecule has 0 aliphatic rings. The molecule has 0 saturated carbocycles. The van der Waals surface area contributed by atoms with Gasteiger partial charge < -0.3 is 12.4 Å². The van der Waals surface area contributed by atoms with Crippen LogP contribution in [0.5, 0.6) is 0 Å². The van der Waals surface area contributed by atoms with Crippen molar-refractivity contribution in [1.29, 1.82) is 0 Å². The van der Waals surface area contributed by atoms with Crippen molar-refractivity contribution in [3.05, 3.63) is 29.8 Å². The summed E-state index contributed by atoms with van der Waals surface area (Å²) < 4.78 is 1.46. The van der Waals surface area contributed by atoms with Gasteiger partial charge in [0.15, 0.2) is 0 Å².